The van der Waals surface area contributed by atoms with Crippen LogP contribution in [0.3, 0.4) is 0 Å². The van der Waals surface area contributed by atoms with Crippen LogP contribution in [0.5, 0.6) is 0 Å². The first-order valence-electron chi connectivity index (χ1n) is 7.56. The Morgan fingerprint density at radius 2 is 2.12 bits per heavy atom. The average Bonchev–Trinajstić information content (AvgIpc) is 3.10. The van der Waals surface area contributed by atoms with Crippen molar-refractivity contribution >= 4 is 21.7 Å². The van der Waals surface area contributed by atoms with E-state index in [-0.39, 0.29) is 17.0 Å². The smallest absolute Gasteiger partial charge is 0.337 e. The number of hydrogen-bond acceptors (Lipinski definition) is 6. The van der Waals surface area contributed by atoms with Crippen molar-refractivity contribution in [1.29, 1.82) is 0 Å². The molecule has 0 saturated carbocycles. The van der Waals surface area contributed by atoms with Crippen LogP contribution in [-0.4, -0.2) is 39.8 Å². The first kappa shape index (κ1) is 19.0. The fourth-order valence-electron chi connectivity index (χ4n) is 2.12. The number of carboxylic acids is 1. The molecule has 0 aliphatic rings. The maximum absolute atomic E-state index is 12.3. The van der Waals surface area contributed by atoms with Gasteiger partial charge in [0.15, 0.2) is 0 Å². The Morgan fingerprint density at radius 1 is 1.32 bits per heavy atom. The van der Waals surface area contributed by atoms with E-state index in [0.29, 0.717) is 31.0 Å². The van der Waals surface area contributed by atoms with Crippen LogP contribution in [0.15, 0.2) is 45.9 Å². The zero-order chi connectivity index (χ0) is 18.3. The van der Waals surface area contributed by atoms with Crippen molar-refractivity contribution in [3.05, 3.63) is 47.9 Å². The summed E-state index contributed by atoms with van der Waals surface area (Å²) in [4.78, 5) is 11.3. The van der Waals surface area contributed by atoms with Crippen molar-refractivity contribution < 1.29 is 27.5 Å². The Bertz CT molecular complexity index is 802. The highest BCUT2D eigenvalue weighted by Gasteiger charge is 2.19. The van der Waals surface area contributed by atoms with Crippen molar-refractivity contribution in [3.8, 4) is 0 Å². The van der Waals surface area contributed by atoms with E-state index in [0.717, 1.165) is 6.07 Å². The van der Waals surface area contributed by atoms with Gasteiger partial charge in [0.25, 0.3) is 0 Å². The van der Waals surface area contributed by atoms with Crippen LogP contribution in [-0.2, 0) is 21.3 Å². The SMILES string of the molecule is COCCCNc1ccc(S(=O)(=O)NCc2ccco2)cc1C(=O)O. The van der Waals surface area contributed by atoms with E-state index >= 15 is 0 Å². The van der Waals surface area contributed by atoms with Gasteiger partial charge in [-0.25, -0.2) is 17.9 Å². The van der Waals surface area contributed by atoms with Crippen molar-refractivity contribution in [1.82, 2.24) is 4.72 Å². The summed E-state index contributed by atoms with van der Waals surface area (Å²) < 4.78 is 37.0. The van der Waals surface area contributed by atoms with Crippen molar-refractivity contribution in [3.63, 3.8) is 0 Å². The second kappa shape index (κ2) is 8.65. The van der Waals surface area contributed by atoms with E-state index < -0.39 is 16.0 Å². The first-order chi connectivity index (χ1) is 11.9. The van der Waals surface area contributed by atoms with Gasteiger partial charge >= 0.3 is 5.97 Å². The van der Waals surface area contributed by atoms with Crippen LogP contribution in [0, 0.1) is 0 Å². The van der Waals surface area contributed by atoms with Gasteiger partial charge in [0.05, 0.1) is 23.3 Å². The predicted octanol–water partition coefficient (Wildman–Crippen LogP) is 1.90. The molecule has 3 N–H and O–H groups in total. The molecule has 0 saturated heterocycles. The molecule has 0 radical (unpaired) electrons. The lowest BCUT2D eigenvalue weighted by Crippen LogP contribution is -2.23. The summed E-state index contributed by atoms with van der Waals surface area (Å²) in [6.07, 6.45) is 2.14. The lowest BCUT2D eigenvalue weighted by molar-refractivity contribution is 0.0697. The van der Waals surface area contributed by atoms with Gasteiger partial charge in [-0.3, -0.25) is 0 Å². The number of carbonyl (C=O) groups is 1. The third-order valence-corrected chi connectivity index (χ3v) is 4.79. The minimum atomic E-state index is -3.86. The van der Waals surface area contributed by atoms with E-state index in [1.54, 1.807) is 19.2 Å². The number of ether oxygens (including phenoxy) is 1. The second-order valence-electron chi connectivity index (χ2n) is 5.19. The van der Waals surface area contributed by atoms with E-state index in [9.17, 15) is 18.3 Å². The van der Waals surface area contributed by atoms with Gasteiger partial charge in [-0.05, 0) is 36.8 Å². The average molecular weight is 368 g/mol. The van der Waals surface area contributed by atoms with Crippen LogP contribution >= 0.6 is 0 Å². The Morgan fingerprint density at radius 3 is 2.76 bits per heavy atom. The molecule has 2 rings (SSSR count). The number of methoxy groups -OCH3 is 1. The van der Waals surface area contributed by atoms with E-state index in [2.05, 4.69) is 10.0 Å². The molecule has 2 aromatic rings. The second-order valence-corrected chi connectivity index (χ2v) is 6.96. The first-order valence-corrected chi connectivity index (χ1v) is 9.04. The molecule has 0 bridgehead atoms. The predicted molar refractivity (Wildman–Crippen MR) is 91.1 cm³/mol. The van der Waals surface area contributed by atoms with Crippen LogP contribution in [0.1, 0.15) is 22.5 Å². The summed E-state index contributed by atoms with van der Waals surface area (Å²) in [7, 11) is -2.28. The molecule has 0 aliphatic carbocycles. The minimum absolute atomic E-state index is 0.0191. The van der Waals surface area contributed by atoms with Crippen LogP contribution < -0.4 is 10.0 Å². The number of carboxylic acid groups (broad SMARTS) is 1. The molecule has 1 aromatic carbocycles. The normalized spacial score (nSPS) is 11.4. The maximum atomic E-state index is 12.3. The van der Waals surface area contributed by atoms with Crippen LogP contribution in [0.25, 0.3) is 0 Å². The largest absolute Gasteiger partial charge is 0.478 e. The third kappa shape index (κ3) is 5.31. The zero-order valence-corrected chi connectivity index (χ0v) is 14.5. The standard InChI is InChI=1S/C16H20N2O6S/c1-23-8-3-7-17-15-6-5-13(10-14(15)16(19)20)25(21,22)18-11-12-4-2-9-24-12/h2,4-6,9-10,17-18H,3,7-8,11H2,1H3,(H,19,20). The van der Waals surface area contributed by atoms with Gasteiger partial charge in [0.2, 0.25) is 10.0 Å². The summed E-state index contributed by atoms with van der Waals surface area (Å²) in [5, 5.41) is 12.3. The molecule has 9 heteroatoms. The van der Waals surface area contributed by atoms with Gasteiger partial charge in [0, 0.05) is 25.9 Å². The fraction of sp³-hybridized carbons (Fsp3) is 0.312. The number of sulfonamides is 1. The van der Waals surface area contributed by atoms with E-state index in [1.807, 2.05) is 0 Å². The molecule has 0 spiro atoms. The summed E-state index contributed by atoms with van der Waals surface area (Å²) in [5.74, 6) is -0.754. The maximum Gasteiger partial charge on any atom is 0.337 e. The number of aromatic carboxylic acids is 1. The molecule has 0 unspecified atom stereocenters. The lowest BCUT2D eigenvalue weighted by atomic mass is 10.2. The van der Waals surface area contributed by atoms with Crippen LogP contribution in [0.4, 0.5) is 5.69 Å². The number of nitrogens with one attached hydrogen (secondary N) is 2. The molecule has 136 valence electrons. The summed E-state index contributed by atoms with van der Waals surface area (Å²) >= 11 is 0. The Hall–Kier alpha value is -2.36. The lowest BCUT2D eigenvalue weighted by Gasteiger charge is -2.12. The van der Waals surface area contributed by atoms with Gasteiger partial charge in [-0.1, -0.05) is 0 Å². The minimum Gasteiger partial charge on any atom is -0.478 e. The monoisotopic (exact) mass is 368 g/mol. The number of rotatable bonds is 10. The Labute approximate surface area is 145 Å². The molecule has 0 amide bonds. The molecule has 25 heavy (non-hydrogen) atoms. The summed E-state index contributed by atoms with van der Waals surface area (Å²) in [6.45, 7) is 1.03. The quantitative estimate of drug-likeness (QED) is 0.548. The Balaban J connectivity index is 2.14. The molecule has 0 fully saturated rings. The summed E-state index contributed by atoms with van der Waals surface area (Å²) in [5.41, 5.74) is 0.242. The van der Waals surface area contributed by atoms with Crippen molar-refractivity contribution in [2.45, 2.75) is 17.9 Å². The van der Waals surface area contributed by atoms with E-state index in [4.69, 9.17) is 9.15 Å². The van der Waals surface area contributed by atoms with E-state index in [1.165, 1.54) is 18.4 Å². The highest BCUT2D eigenvalue weighted by atomic mass is 32.2. The van der Waals surface area contributed by atoms with Crippen LogP contribution in [0.2, 0.25) is 0 Å². The highest BCUT2D eigenvalue weighted by Crippen LogP contribution is 2.21. The number of furan rings is 1. The summed E-state index contributed by atoms with van der Waals surface area (Å²) in [6, 6.07) is 7.22. The molecular formula is C16H20N2O6S. The van der Waals surface area contributed by atoms with Gasteiger partial charge in [0.1, 0.15) is 5.76 Å². The molecule has 8 nitrogen and oxygen atoms in total. The van der Waals surface area contributed by atoms with Gasteiger partial charge in [-0.15, -0.1) is 0 Å². The number of anilines is 1. The van der Waals surface area contributed by atoms with Gasteiger partial charge < -0.3 is 19.6 Å². The van der Waals surface area contributed by atoms with Crippen molar-refractivity contribution in [2.75, 3.05) is 25.6 Å². The number of hydrogen-bond donors (Lipinski definition) is 3. The molecule has 0 aliphatic heterocycles. The highest BCUT2D eigenvalue weighted by molar-refractivity contribution is 7.89. The van der Waals surface area contributed by atoms with Crippen molar-refractivity contribution in [2.24, 2.45) is 0 Å². The topological polar surface area (TPSA) is 118 Å². The van der Waals surface area contributed by atoms with Gasteiger partial charge in [-0.2, -0.15) is 0 Å². The number of benzene rings is 1. The fourth-order valence-corrected chi connectivity index (χ4v) is 3.14. The Kier molecular flexibility index (Phi) is 6.57. The third-order valence-electron chi connectivity index (χ3n) is 3.39. The molecule has 1 aromatic heterocycles. The molecular weight excluding hydrogens is 348 g/mol. The molecule has 1 heterocycles. The molecule has 0 atom stereocenters. The zero-order valence-electron chi connectivity index (χ0n) is 13.7.